The van der Waals surface area contributed by atoms with E-state index >= 15 is 0 Å². The first-order chi connectivity index (χ1) is 16.5. The summed E-state index contributed by atoms with van der Waals surface area (Å²) in [6, 6.07) is 7.92. The zero-order valence-corrected chi connectivity index (χ0v) is 19.2. The van der Waals surface area contributed by atoms with Gasteiger partial charge in [0, 0.05) is 30.4 Å². The van der Waals surface area contributed by atoms with Gasteiger partial charge in [-0.3, -0.25) is 9.48 Å². The van der Waals surface area contributed by atoms with Crippen LogP contribution in [0, 0.1) is 6.92 Å². The number of nitrogens with one attached hydrogen (secondary N) is 1. The number of hydrogen-bond donors (Lipinski definition) is 2. The van der Waals surface area contributed by atoms with Gasteiger partial charge in [0.1, 0.15) is 6.26 Å². The number of nitrogens with zero attached hydrogens (tertiary/aromatic N) is 4. The van der Waals surface area contributed by atoms with Gasteiger partial charge < -0.3 is 19.7 Å². The van der Waals surface area contributed by atoms with Crippen molar-refractivity contribution >= 4 is 17.6 Å². The summed E-state index contributed by atoms with van der Waals surface area (Å²) in [5, 5.41) is 14.7. The van der Waals surface area contributed by atoms with Crippen LogP contribution in [0.1, 0.15) is 46.3 Å². The number of alkyl halides is 3. The third-order valence-corrected chi connectivity index (χ3v) is 5.36. The Morgan fingerprint density at radius 3 is 2.40 bits per heavy atom. The number of hydrogen-bond acceptors (Lipinski definition) is 6. The van der Waals surface area contributed by atoms with E-state index in [1.165, 1.54) is 6.26 Å². The number of amides is 1. The van der Waals surface area contributed by atoms with Crippen molar-refractivity contribution in [1.82, 2.24) is 20.1 Å². The van der Waals surface area contributed by atoms with Crippen LogP contribution in [-0.2, 0) is 18.4 Å². The third kappa shape index (κ3) is 7.15. The maximum Gasteiger partial charge on any atom is 0.490 e. The Labute approximate surface area is 199 Å². The molecule has 0 atom stereocenters. The largest absolute Gasteiger partial charge is 0.490 e. The van der Waals surface area contributed by atoms with Crippen molar-refractivity contribution in [3.05, 3.63) is 65.6 Å². The van der Waals surface area contributed by atoms with Gasteiger partial charge in [0.2, 0.25) is 0 Å². The molecule has 12 heteroatoms. The summed E-state index contributed by atoms with van der Waals surface area (Å²) in [6.07, 6.45) is 2.05. The van der Waals surface area contributed by atoms with Gasteiger partial charge in [-0.25, -0.2) is 9.78 Å². The van der Waals surface area contributed by atoms with E-state index in [2.05, 4.69) is 15.4 Å². The lowest BCUT2D eigenvalue weighted by atomic mass is 9.98. The molecule has 1 aromatic carbocycles. The fourth-order valence-corrected chi connectivity index (χ4v) is 3.52. The molecular weight excluding hydrogens is 467 g/mol. The van der Waals surface area contributed by atoms with Crippen LogP contribution < -0.4 is 10.2 Å². The van der Waals surface area contributed by atoms with E-state index < -0.39 is 12.1 Å². The molecule has 0 spiro atoms. The normalized spacial score (nSPS) is 14.2. The second-order valence-electron chi connectivity index (χ2n) is 8.15. The average Bonchev–Trinajstić information content (AvgIpc) is 3.47. The minimum atomic E-state index is -5.08. The van der Waals surface area contributed by atoms with Gasteiger partial charge in [0.25, 0.3) is 5.91 Å². The summed E-state index contributed by atoms with van der Waals surface area (Å²) in [5.41, 5.74) is 3.27. The van der Waals surface area contributed by atoms with E-state index in [1.807, 2.05) is 44.4 Å². The van der Waals surface area contributed by atoms with Gasteiger partial charge in [0.15, 0.2) is 11.6 Å². The summed E-state index contributed by atoms with van der Waals surface area (Å²) >= 11 is 0. The summed E-state index contributed by atoms with van der Waals surface area (Å²) < 4.78 is 39.2. The molecule has 2 N–H and O–H groups in total. The number of carbonyl (C=O) groups is 2. The number of carboxylic acid groups (broad SMARTS) is 1. The van der Waals surface area contributed by atoms with Crippen molar-refractivity contribution in [2.75, 3.05) is 18.0 Å². The monoisotopic (exact) mass is 493 g/mol. The highest BCUT2D eigenvalue weighted by Crippen LogP contribution is 2.26. The SMILES string of the molecule is Cc1ccc(N(Cc2cnn(C)c2)C(=O)c2coc(C3CCNCC3)n2)cc1.O=C(O)C(F)(F)F. The molecule has 3 aromatic rings. The minimum absolute atomic E-state index is 0.170. The van der Waals surface area contributed by atoms with Crippen LogP contribution in [0.4, 0.5) is 18.9 Å². The number of halogens is 3. The van der Waals surface area contributed by atoms with Crippen molar-refractivity contribution < 1.29 is 32.3 Å². The predicted molar refractivity (Wildman–Crippen MR) is 120 cm³/mol. The van der Waals surface area contributed by atoms with Gasteiger partial charge in [-0.2, -0.15) is 18.3 Å². The third-order valence-electron chi connectivity index (χ3n) is 5.36. The number of benzene rings is 1. The fourth-order valence-electron chi connectivity index (χ4n) is 3.52. The molecule has 1 amide bonds. The van der Waals surface area contributed by atoms with Crippen LogP contribution in [0.2, 0.25) is 0 Å². The highest BCUT2D eigenvalue weighted by atomic mass is 19.4. The van der Waals surface area contributed by atoms with E-state index in [-0.39, 0.29) is 11.8 Å². The van der Waals surface area contributed by atoms with Gasteiger partial charge in [-0.05, 0) is 45.0 Å². The molecule has 9 nitrogen and oxygen atoms in total. The Hall–Kier alpha value is -3.67. The molecule has 2 aromatic heterocycles. The van der Waals surface area contributed by atoms with Crippen LogP contribution in [0.5, 0.6) is 0 Å². The quantitative estimate of drug-likeness (QED) is 0.558. The molecule has 1 saturated heterocycles. The lowest BCUT2D eigenvalue weighted by Gasteiger charge is -2.21. The Kier molecular flexibility index (Phi) is 8.28. The van der Waals surface area contributed by atoms with E-state index in [1.54, 1.807) is 15.8 Å². The Morgan fingerprint density at radius 2 is 1.86 bits per heavy atom. The predicted octanol–water partition coefficient (Wildman–Crippen LogP) is 3.66. The lowest BCUT2D eigenvalue weighted by molar-refractivity contribution is -0.192. The molecule has 35 heavy (non-hydrogen) atoms. The zero-order valence-electron chi connectivity index (χ0n) is 19.2. The van der Waals surface area contributed by atoms with Crippen molar-refractivity contribution in [1.29, 1.82) is 0 Å². The molecule has 0 bridgehead atoms. The molecule has 1 aliphatic rings. The van der Waals surface area contributed by atoms with Crippen LogP contribution in [0.25, 0.3) is 0 Å². The molecule has 0 aliphatic carbocycles. The number of aromatic nitrogens is 3. The average molecular weight is 493 g/mol. The first-order valence-electron chi connectivity index (χ1n) is 10.9. The topological polar surface area (TPSA) is 113 Å². The number of carbonyl (C=O) groups excluding carboxylic acids is 1. The smallest absolute Gasteiger partial charge is 0.475 e. The standard InChI is InChI=1S/C21H25N5O2.C2HF3O2/c1-15-3-5-18(6-4-15)26(13-16-11-23-25(2)12-16)21(27)19-14-28-20(24-19)17-7-9-22-10-8-17;3-2(4,5)1(6)7/h3-6,11-12,14,17,22H,7-10,13H2,1-2H3;(H,6,7). The number of oxazole rings is 1. The second-order valence-corrected chi connectivity index (χ2v) is 8.15. The zero-order chi connectivity index (χ0) is 25.6. The molecule has 0 unspecified atom stereocenters. The maximum atomic E-state index is 13.3. The van der Waals surface area contributed by atoms with E-state index in [0.29, 0.717) is 18.1 Å². The molecule has 0 saturated carbocycles. The maximum absolute atomic E-state index is 13.3. The summed E-state index contributed by atoms with van der Waals surface area (Å²) in [7, 11) is 1.87. The number of piperidine rings is 1. The Bertz CT molecular complexity index is 1130. The number of anilines is 1. The molecule has 4 rings (SSSR count). The number of rotatable bonds is 5. The van der Waals surface area contributed by atoms with Crippen LogP contribution in [0.15, 0.2) is 47.3 Å². The molecule has 0 radical (unpaired) electrons. The highest BCUT2D eigenvalue weighted by molar-refractivity contribution is 6.04. The van der Waals surface area contributed by atoms with E-state index in [0.717, 1.165) is 42.7 Å². The molecule has 3 heterocycles. The summed E-state index contributed by atoms with van der Waals surface area (Å²) in [4.78, 5) is 28.5. The fraction of sp³-hybridized carbons (Fsp3) is 0.391. The molecule has 1 aliphatic heterocycles. The Balaban J connectivity index is 0.000000429. The van der Waals surface area contributed by atoms with Gasteiger partial charge >= 0.3 is 12.1 Å². The van der Waals surface area contributed by atoms with Crippen molar-refractivity contribution in [3.8, 4) is 0 Å². The van der Waals surface area contributed by atoms with Gasteiger partial charge in [-0.15, -0.1) is 0 Å². The first-order valence-corrected chi connectivity index (χ1v) is 10.9. The number of aliphatic carboxylic acids is 1. The van der Waals surface area contributed by atoms with Gasteiger partial charge in [-0.1, -0.05) is 17.7 Å². The molecule has 1 fully saturated rings. The number of carboxylic acids is 1. The molecular formula is C23H26F3N5O4. The van der Waals surface area contributed by atoms with Crippen molar-refractivity contribution in [2.45, 2.75) is 38.4 Å². The molecule has 188 valence electrons. The van der Waals surface area contributed by atoms with Crippen LogP contribution >= 0.6 is 0 Å². The van der Waals surface area contributed by atoms with Gasteiger partial charge in [0.05, 0.1) is 12.7 Å². The van der Waals surface area contributed by atoms with E-state index in [4.69, 9.17) is 14.3 Å². The van der Waals surface area contributed by atoms with Crippen LogP contribution in [0.3, 0.4) is 0 Å². The first kappa shape index (κ1) is 25.9. The van der Waals surface area contributed by atoms with E-state index in [9.17, 15) is 18.0 Å². The highest BCUT2D eigenvalue weighted by Gasteiger charge is 2.38. The summed E-state index contributed by atoms with van der Waals surface area (Å²) in [5.74, 6) is -1.99. The summed E-state index contributed by atoms with van der Waals surface area (Å²) in [6.45, 7) is 4.35. The lowest BCUT2D eigenvalue weighted by Crippen LogP contribution is -2.31. The van der Waals surface area contributed by atoms with Crippen molar-refractivity contribution in [3.63, 3.8) is 0 Å². The second kappa shape index (κ2) is 11.2. The minimum Gasteiger partial charge on any atom is -0.475 e. The Morgan fingerprint density at radius 1 is 1.23 bits per heavy atom. The van der Waals surface area contributed by atoms with Crippen molar-refractivity contribution in [2.24, 2.45) is 7.05 Å². The number of aryl methyl sites for hydroxylation is 2. The van der Waals surface area contributed by atoms with Crippen LogP contribution in [-0.4, -0.2) is 51.0 Å².